The van der Waals surface area contributed by atoms with E-state index in [0.29, 0.717) is 5.76 Å². The quantitative estimate of drug-likeness (QED) is 0.741. The van der Waals surface area contributed by atoms with E-state index in [2.05, 4.69) is 17.0 Å². The molecule has 4 nitrogen and oxygen atoms in total. The fourth-order valence-electron chi connectivity index (χ4n) is 2.66. The van der Waals surface area contributed by atoms with Crippen LogP contribution >= 0.6 is 0 Å². The summed E-state index contributed by atoms with van der Waals surface area (Å²) in [7, 11) is 0. The molecule has 2 heterocycles. The van der Waals surface area contributed by atoms with Gasteiger partial charge in [0.15, 0.2) is 0 Å². The van der Waals surface area contributed by atoms with Crippen LogP contribution in [0.4, 0.5) is 0 Å². The largest absolute Gasteiger partial charge is 0.353 e. The average molecular weight is 264 g/mol. The van der Waals surface area contributed by atoms with Crippen molar-refractivity contribution >= 4 is 5.78 Å². The first-order valence-electron chi connectivity index (χ1n) is 7.43. The van der Waals surface area contributed by atoms with Crippen LogP contribution < -0.4 is 0 Å². The lowest BCUT2D eigenvalue weighted by Crippen LogP contribution is -2.35. The Hall–Kier alpha value is -1.16. The smallest absolute Gasteiger partial charge is 0.204 e. The van der Waals surface area contributed by atoms with Crippen LogP contribution in [0.1, 0.15) is 55.8 Å². The molecule has 4 heteroatoms. The molecule has 1 saturated heterocycles. The van der Waals surface area contributed by atoms with E-state index in [4.69, 9.17) is 4.52 Å². The highest BCUT2D eigenvalue weighted by Crippen LogP contribution is 2.15. The summed E-state index contributed by atoms with van der Waals surface area (Å²) in [6.07, 6.45) is 5.72. The summed E-state index contributed by atoms with van der Waals surface area (Å²) in [5.41, 5.74) is 0.885. The molecular weight excluding hydrogens is 240 g/mol. The Morgan fingerprint density at radius 3 is 2.84 bits per heavy atom. The van der Waals surface area contributed by atoms with E-state index in [0.717, 1.165) is 38.2 Å². The second-order valence-corrected chi connectivity index (χ2v) is 5.56. The minimum Gasteiger partial charge on any atom is -0.353 e. The summed E-state index contributed by atoms with van der Waals surface area (Å²) in [6.45, 7) is 7.15. The molecule has 2 rings (SSSR count). The third-order valence-electron chi connectivity index (χ3n) is 3.74. The molecule has 0 saturated carbocycles. The van der Waals surface area contributed by atoms with Gasteiger partial charge in [-0.25, -0.2) is 0 Å². The zero-order valence-electron chi connectivity index (χ0n) is 12.0. The highest BCUT2D eigenvalue weighted by molar-refractivity contribution is 5.95. The number of piperidine rings is 1. The number of hydrogen-bond donors (Lipinski definition) is 0. The van der Waals surface area contributed by atoms with Crippen molar-refractivity contribution in [1.82, 2.24) is 10.1 Å². The van der Waals surface area contributed by atoms with Crippen molar-refractivity contribution in [1.29, 1.82) is 0 Å². The number of aryl methyl sites for hydroxylation is 1. The molecule has 0 amide bonds. The number of likely N-dealkylation sites (tertiary alicyclic amines) is 1. The van der Waals surface area contributed by atoms with E-state index in [1.165, 1.54) is 19.3 Å². The number of aromatic nitrogens is 1. The van der Waals surface area contributed by atoms with Crippen molar-refractivity contribution in [3.05, 3.63) is 17.5 Å². The Morgan fingerprint density at radius 1 is 1.42 bits per heavy atom. The zero-order valence-corrected chi connectivity index (χ0v) is 12.0. The summed E-state index contributed by atoms with van der Waals surface area (Å²) in [5, 5.41) is 3.95. The van der Waals surface area contributed by atoms with Gasteiger partial charge in [0, 0.05) is 18.5 Å². The fraction of sp³-hybridized carbons (Fsp3) is 0.733. The summed E-state index contributed by atoms with van der Waals surface area (Å²) < 4.78 is 5.17. The molecule has 1 aromatic rings. The molecular formula is C15H24N2O2. The van der Waals surface area contributed by atoms with Crippen molar-refractivity contribution in [3.8, 4) is 0 Å². The minimum absolute atomic E-state index is 0.0134. The van der Waals surface area contributed by atoms with Crippen molar-refractivity contribution < 1.29 is 9.32 Å². The lowest BCUT2D eigenvalue weighted by atomic mass is 10.0. The third kappa shape index (κ3) is 3.90. The van der Waals surface area contributed by atoms with Crippen molar-refractivity contribution in [2.45, 2.75) is 46.0 Å². The summed E-state index contributed by atoms with van der Waals surface area (Å²) >= 11 is 0. The van der Waals surface area contributed by atoms with E-state index in [9.17, 15) is 4.79 Å². The van der Waals surface area contributed by atoms with E-state index in [1.807, 2.05) is 6.92 Å². The summed E-state index contributed by atoms with van der Waals surface area (Å²) in [6, 6.07) is 1.80. The number of carbonyl (C=O) groups is 1. The predicted molar refractivity (Wildman–Crippen MR) is 74.3 cm³/mol. The Balaban J connectivity index is 1.89. The fourth-order valence-corrected chi connectivity index (χ4v) is 2.66. The van der Waals surface area contributed by atoms with Gasteiger partial charge in [-0.05, 0) is 32.4 Å². The highest BCUT2D eigenvalue weighted by Gasteiger charge is 2.23. The lowest BCUT2D eigenvalue weighted by Gasteiger charge is -2.28. The van der Waals surface area contributed by atoms with Crippen LogP contribution in [-0.2, 0) is 6.42 Å². The van der Waals surface area contributed by atoms with E-state index in [1.54, 1.807) is 6.07 Å². The Labute approximate surface area is 115 Å². The average Bonchev–Trinajstić information content (AvgIpc) is 2.88. The summed E-state index contributed by atoms with van der Waals surface area (Å²) in [5.74, 6) is 0.494. The van der Waals surface area contributed by atoms with Crippen LogP contribution in [0.2, 0.25) is 0 Å². The molecule has 0 aromatic carbocycles. The van der Waals surface area contributed by atoms with Gasteiger partial charge in [-0.15, -0.1) is 0 Å². The number of Topliss-reactive ketones (excluding diaryl/α,β-unsaturated/α-hetero) is 1. The molecule has 106 valence electrons. The number of ketones is 1. The molecule has 0 aliphatic carbocycles. The van der Waals surface area contributed by atoms with Crippen LogP contribution in [0.5, 0.6) is 0 Å². The first-order chi connectivity index (χ1) is 9.20. The maximum atomic E-state index is 12.3. The van der Waals surface area contributed by atoms with Crippen LogP contribution in [0, 0.1) is 5.92 Å². The Bertz CT molecular complexity index is 408. The first-order valence-corrected chi connectivity index (χ1v) is 7.43. The number of rotatable bonds is 6. The molecule has 1 aliphatic rings. The molecule has 1 aliphatic heterocycles. The van der Waals surface area contributed by atoms with Gasteiger partial charge in [-0.1, -0.05) is 31.8 Å². The van der Waals surface area contributed by atoms with Crippen LogP contribution in [0.3, 0.4) is 0 Å². The van der Waals surface area contributed by atoms with E-state index >= 15 is 0 Å². The van der Waals surface area contributed by atoms with E-state index < -0.39 is 0 Å². The highest BCUT2D eigenvalue weighted by atomic mass is 16.5. The molecule has 0 spiro atoms. The van der Waals surface area contributed by atoms with Gasteiger partial charge >= 0.3 is 0 Å². The second kappa shape index (κ2) is 6.85. The molecule has 1 unspecified atom stereocenters. The molecule has 1 aromatic heterocycles. The maximum Gasteiger partial charge on any atom is 0.204 e. The minimum atomic E-state index is -0.0134. The standard InChI is InChI=1S/C15H24N2O2/c1-3-7-13-10-14(19-16-13)15(18)12(2)11-17-8-5-4-6-9-17/h10,12H,3-9,11H2,1-2H3. The molecule has 19 heavy (non-hydrogen) atoms. The maximum absolute atomic E-state index is 12.3. The predicted octanol–water partition coefficient (Wildman–Crippen LogP) is 2.93. The molecule has 0 N–H and O–H groups in total. The topological polar surface area (TPSA) is 46.3 Å². The van der Waals surface area contributed by atoms with Gasteiger partial charge < -0.3 is 9.42 Å². The molecule has 1 atom stereocenters. The van der Waals surface area contributed by atoms with Crippen LogP contribution in [0.25, 0.3) is 0 Å². The third-order valence-corrected chi connectivity index (χ3v) is 3.74. The zero-order chi connectivity index (χ0) is 13.7. The SMILES string of the molecule is CCCc1cc(C(=O)C(C)CN2CCCCC2)on1. The monoisotopic (exact) mass is 264 g/mol. The molecule has 1 fully saturated rings. The Kier molecular flexibility index (Phi) is 5.14. The second-order valence-electron chi connectivity index (χ2n) is 5.56. The molecule has 0 bridgehead atoms. The van der Waals surface area contributed by atoms with Gasteiger partial charge in [-0.2, -0.15) is 0 Å². The van der Waals surface area contributed by atoms with Crippen molar-refractivity contribution in [2.24, 2.45) is 5.92 Å². The lowest BCUT2D eigenvalue weighted by molar-refractivity contribution is 0.0846. The van der Waals surface area contributed by atoms with Crippen LogP contribution in [-0.4, -0.2) is 35.5 Å². The van der Waals surface area contributed by atoms with Gasteiger partial charge in [0.05, 0.1) is 5.69 Å². The molecule has 0 radical (unpaired) electrons. The van der Waals surface area contributed by atoms with Crippen LogP contribution in [0.15, 0.2) is 10.6 Å². The number of nitrogens with zero attached hydrogens (tertiary/aromatic N) is 2. The van der Waals surface area contributed by atoms with Crippen molar-refractivity contribution in [2.75, 3.05) is 19.6 Å². The van der Waals surface area contributed by atoms with Gasteiger partial charge in [0.1, 0.15) is 0 Å². The van der Waals surface area contributed by atoms with Gasteiger partial charge in [0.25, 0.3) is 0 Å². The summed E-state index contributed by atoms with van der Waals surface area (Å²) in [4.78, 5) is 14.7. The van der Waals surface area contributed by atoms with Gasteiger partial charge in [-0.3, -0.25) is 4.79 Å². The van der Waals surface area contributed by atoms with Gasteiger partial charge in [0.2, 0.25) is 11.5 Å². The first kappa shape index (κ1) is 14.3. The number of hydrogen-bond acceptors (Lipinski definition) is 4. The van der Waals surface area contributed by atoms with Crippen molar-refractivity contribution in [3.63, 3.8) is 0 Å². The normalized spacial score (nSPS) is 18.4. The number of carbonyl (C=O) groups excluding carboxylic acids is 1. The van der Waals surface area contributed by atoms with E-state index in [-0.39, 0.29) is 11.7 Å². The Morgan fingerprint density at radius 2 is 2.16 bits per heavy atom.